The first-order valence-corrected chi connectivity index (χ1v) is 10.6. The molecule has 0 unspecified atom stereocenters. The summed E-state index contributed by atoms with van der Waals surface area (Å²) in [5, 5.41) is 0. The van der Waals surface area contributed by atoms with Crippen molar-refractivity contribution < 1.29 is 17.9 Å². The Morgan fingerprint density at radius 3 is 1.96 bits per heavy atom. The first kappa shape index (κ1) is 20.1. The van der Waals surface area contributed by atoms with Crippen molar-refractivity contribution >= 4 is 10.0 Å². The fourth-order valence-electron chi connectivity index (χ4n) is 5.69. The van der Waals surface area contributed by atoms with Crippen LogP contribution in [-0.2, 0) is 19.5 Å². The third-order valence-electron chi connectivity index (χ3n) is 6.85. The van der Waals surface area contributed by atoms with Gasteiger partial charge in [-0.1, -0.05) is 13.8 Å². The number of sulfonamides is 1. The number of ether oxygens (including phenoxy) is 2. The van der Waals surface area contributed by atoms with Crippen molar-refractivity contribution in [2.75, 3.05) is 20.0 Å². The van der Waals surface area contributed by atoms with Gasteiger partial charge in [0.05, 0.1) is 5.75 Å². The summed E-state index contributed by atoms with van der Waals surface area (Å²) in [6, 6.07) is -0.125. The molecule has 0 heterocycles. The van der Waals surface area contributed by atoms with E-state index in [4.69, 9.17) is 9.47 Å². The van der Waals surface area contributed by atoms with Crippen LogP contribution in [0.1, 0.15) is 60.8 Å². The molecule has 24 heavy (non-hydrogen) atoms. The molecular weight excluding hydrogens is 326 g/mol. The van der Waals surface area contributed by atoms with E-state index in [2.05, 4.69) is 13.8 Å². The Balaban J connectivity index is 2.51. The molecule has 0 saturated heterocycles. The first-order chi connectivity index (χ1) is 10.9. The molecule has 6 heteroatoms. The van der Waals surface area contributed by atoms with Gasteiger partial charge < -0.3 is 9.47 Å². The van der Waals surface area contributed by atoms with Crippen LogP contribution in [0.2, 0.25) is 0 Å². The quantitative estimate of drug-likeness (QED) is 0.653. The number of fused-ring (bicyclic) bond motifs is 2. The van der Waals surface area contributed by atoms with Crippen LogP contribution in [0.5, 0.6) is 0 Å². The van der Waals surface area contributed by atoms with Crippen molar-refractivity contribution in [3.05, 3.63) is 0 Å². The predicted molar refractivity (Wildman–Crippen MR) is 96.2 cm³/mol. The van der Waals surface area contributed by atoms with Gasteiger partial charge in [0, 0.05) is 38.1 Å². The Hall–Kier alpha value is -0.170. The van der Waals surface area contributed by atoms with Crippen LogP contribution in [0.25, 0.3) is 0 Å². The SMILES string of the molecule is COC1(OC)C[C@H]2CC[C@]1(CS(=O)(=O)N(C(C)C)C(C)C)C2(C)C. The molecule has 2 aliphatic rings. The van der Waals surface area contributed by atoms with E-state index in [1.165, 1.54) is 0 Å². The standard InChI is InChI=1S/C18H35NO4S/c1-13(2)19(14(3)4)24(20,21)12-17-10-9-15(16(17,5)6)11-18(17,22-7)23-8/h13-15H,9-12H2,1-8H3/t15-,17+/m1/s1. The Morgan fingerprint density at radius 1 is 1.08 bits per heavy atom. The van der Waals surface area contributed by atoms with E-state index in [0.717, 1.165) is 19.3 Å². The van der Waals surface area contributed by atoms with Crippen molar-refractivity contribution in [1.29, 1.82) is 0 Å². The first-order valence-electron chi connectivity index (χ1n) is 9.02. The van der Waals surface area contributed by atoms with Crippen molar-refractivity contribution in [1.82, 2.24) is 4.31 Å². The number of nitrogens with zero attached hydrogens (tertiary/aromatic N) is 1. The highest BCUT2D eigenvalue weighted by Crippen LogP contribution is 2.71. The second-order valence-electron chi connectivity index (χ2n) is 8.68. The average molecular weight is 362 g/mol. The molecule has 2 saturated carbocycles. The third-order valence-corrected chi connectivity index (χ3v) is 9.19. The normalized spacial score (nSPS) is 31.5. The number of hydrogen-bond acceptors (Lipinski definition) is 4. The van der Waals surface area contributed by atoms with Crippen LogP contribution in [0, 0.1) is 16.7 Å². The summed E-state index contributed by atoms with van der Waals surface area (Å²) in [6.07, 6.45) is 2.64. The van der Waals surface area contributed by atoms with Crippen LogP contribution in [0.3, 0.4) is 0 Å². The average Bonchev–Trinajstić information content (AvgIpc) is 2.77. The van der Waals surface area contributed by atoms with Gasteiger partial charge in [0.15, 0.2) is 5.79 Å². The third kappa shape index (κ3) is 2.56. The zero-order chi connectivity index (χ0) is 18.6. The van der Waals surface area contributed by atoms with E-state index in [1.807, 2.05) is 27.7 Å². The van der Waals surface area contributed by atoms with E-state index < -0.39 is 21.2 Å². The molecule has 0 radical (unpaired) electrons. The van der Waals surface area contributed by atoms with Gasteiger partial charge in [-0.15, -0.1) is 0 Å². The molecular formula is C18H35NO4S. The summed E-state index contributed by atoms with van der Waals surface area (Å²) >= 11 is 0. The maximum absolute atomic E-state index is 13.4. The summed E-state index contributed by atoms with van der Waals surface area (Å²) in [5.41, 5.74) is -0.652. The van der Waals surface area contributed by atoms with Crippen LogP contribution in [-0.4, -0.2) is 50.6 Å². The topological polar surface area (TPSA) is 55.8 Å². The number of methoxy groups -OCH3 is 2. The van der Waals surface area contributed by atoms with Crippen LogP contribution in [0.15, 0.2) is 0 Å². The van der Waals surface area contributed by atoms with Gasteiger partial charge in [0.25, 0.3) is 0 Å². The Morgan fingerprint density at radius 2 is 1.58 bits per heavy atom. The smallest absolute Gasteiger partial charge is 0.215 e. The molecule has 0 spiro atoms. The largest absolute Gasteiger partial charge is 0.353 e. The van der Waals surface area contributed by atoms with Crippen LogP contribution < -0.4 is 0 Å². The molecule has 2 fully saturated rings. The molecule has 2 aliphatic carbocycles. The summed E-state index contributed by atoms with van der Waals surface area (Å²) in [4.78, 5) is 0. The molecule has 0 aromatic heterocycles. The maximum atomic E-state index is 13.4. The lowest BCUT2D eigenvalue weighted by Crippen LogP contribution is -2.58. The fraction of sp³-hybridized carbons (Fsp3) is 1.00. The monoisotopic (exact) mass is 361 g/mol. The van der Waals surface area contributed by atoms with E-state index in [9.17, 15) is 8.42 Å². The van der Waals surface area contributed by atoms with Crippen LogP contribution >= 0.6 is 0 Å². The molecule has 0 aromatic rings. The Labute approximate surface area is 148 Å². The van der Waals surface area contributed by atoms with E-state index in [1.54, 1.807) is 18.5 Å². The molecule has 0 aromatic carbocycles. The molecule has 0 aliphatic heterocycles. The lowest BCUT2D eigenvalue weighted by molar-refractivity contribution is -0.274. The molecule has 5 nitrogen and oxygen atoms in total. The van der Waals surface area contributed by atoms with E-state index >= 15 is 0 Å². The summed E-state index contributed by atoms with van der Waals surface area (Å²) in [6.45, 7) is 12.1. The lowest BCUT2D eigenvalue weighted by atomic mass is 9.68. The molecule has 0 N–H and O–H groups in total. The van der Waals surface area contributed by atoms with Crippen molar-refractivity contribution in [2.24, 2.45) is 16.7 Å². The second kappa shape index (κ2) is 6.22. The molecule has 2 bridgehead atoms. The second-order valence-corrected chi connectivity index (χ2v) is 10.6. The minimum Gasteiger partial charge on any atom is -0.353 e. The van der Waals surface area contributed by atoms with Crippen LogP contribution in [0.4, 0.5) is 0 Å². The fourth-order valence-corrected chi connectivity index (χ4v) is 8.48. The van der Waals surface area contributed by atoms with Crippen molar-refractivity contribution in [2.45, 2.75) is 78.7 Å². The summed E-state index contributed by atoms with van der Waals surface area (Å²) in [7, 11) is -0.137. The summed E-state index contributed by atoms with van der Waals surface area (Å²) < 4.78 is 40.1. The molecule has 2 rings (SSSR count). The van der Waals surface area contributed by atoms with Gasteiger partial charge in [0.1, 0.15) is 0 Å². The van der Waals surface area contributed by atoms with Gasteiger partial charge in [-0.3, -0.25) is 0 Å². The maximum Gasteiger partial charge on any atom is 0.215 e. The van der Waals surface area contributed by atoms with Gasteiger partial charge in [-0.2, -0.15) is 4.31 Å². The number of hydrogen-bond donors (Lipinski definition) is 0. The molecule has 0 amide bonds. The van der Waals surface area contributed by atoms with Crippen molar-refractivity contribution in [3.8, 4) is 0 Å². The molecule has 142 valence electrons. The van der Waals surface area contributed by atoms with E-state index in [-0.39, 0.29) is 23.3 Å². The van der Waals surface area contributed by atoms with Crippen molar-refractivity contribution in [3.63, 3.8) is 0 Å². The lowest BCUT2D eigenvalue weighted by Gasteiger charge is -2.49. The highest BCUT2D eigenvalue weighted by Gasteiger charge is 2.73. The molecule has 2 atom stereocenters. The minimum atomic E-state index is -3.44. The minimum absolute atomic E-state index is 0.0624. The zero-order valence-electron chi connectivity index (χ0n) is 16.5. The number of rotatable bonds is 7. The predicted octanol–water partition coefficient (Wildman–Crippen LogP) is 3.25. The summed E-state index contributed by atoms with van der Waals surface area (Å²) in [5.74, 6) is -0.299. The zero-order valence-corrected chi connectivity index (χ0v) is 17.4. The van der Waals surface area contributed by atoms with Gasteiger partial charge in [-0.05, 0) is 51.9 Å². The Bertz CT molecular complexity index is 558. The van der Waals surface area contributed by atoms with Gasteiger partial charge >= 0.3 is 0 Å². The van der Waals surface area contributed by atoms with E-state index in [0.29, 0.717) is 5.92 Å². The van der Waals surface area contributed by atoms with Gasteiger partial charge in [0.2, 0.25) is 10.0 Å². The highest BCUT2D eigenvalue weighted by atomic mass is 32.2. The highest BCUT2D eigenvalue weighted by molar-refractivity contribution is 7.89. The van der Waals surface area contributed by atoms with Gasteiger partial charge in [-0.25, -0.2) is 8.42 Å². The Kier molecular flexibility index (Phi) is 5.22.